The van der Waals surface area contributed by atoms with Gasteiger partial charge in [0.05, 0.1) is 5.56 Å². The topological polar surface area (TPSA) is 12.0 Å². The molecule has 4 heteroatoms. The second-order valence-corrected chi connectivity index (χ2v) is 5.11. The van der Waals surface area contributed by atoms with Crippen molar-refractivity contribution < 1.29 is 13.2 Å². The quantitative estimate of drug-likeness (QED) is 0.853. The Bertz CT molecular complexity index is 392. The summed E-state index contributed by atoms with van der Waals surface area (Å²) in [5.41, 5.74) is -0.0602. The molecule has 1 heterocycles. The summed E-state index contributed by atoms with van der Waals surface area (Å²) in [6.45, 7) is 2.92. The van der Waals surface area contributed by atoms with Gasteiger partial charge in [-0.3, -0.25) is 0 Å². The molecule has 1 N–H and O–H groups in total. The van der Waals surface area contributed by atoms with Crippen molar-refractivity contribution in [3.05, 3.63) is 35.4 Å². The van der Waals surface area contributed by atoms with Crippen LogP contribution in [0.1, 0.15) is 30.9 Å². The van der Waals surface area contributed by atoms with Gasteiger partial charge in [-0.05, 0) is 50.3 Å². The first-order valence-electron chi connectivity index (χ1n) is 6.35. The summed E-state index contributed by atoms with van der Waals surface area (Å²) in [5, 5.41) is 3.33. The summed E-state index contributed by atoms with van der Waals surface area (Å²) < 4.78 is 38.5. The minimum Gasteiger partial charge on any atom is -0.314 e. The normalized spacial score (nSPS) is 25.1. The molecule has 1 aromatic carbocycles. The van der Waals surface area contributed by atoms with Crippen molar-refractivity contribution in [3.63, 3.8) is 0 Å². The number of hydrogen-bond donors (Lipinski definition) is 1. The molecule has 0 bridgehead atoms. The summed E-state index contributed by atoms with van der Waals surface area (Å²) in [6.07, 6.45) is -1.69. The SMILES string of the molecule is CC1CCC(Cc2ccccc2C(F)(F)F)CN1. The van der Waals surface area contributed by atoms with Gasteiger partial charge in [0.15, 0.2) is 0 Å². The van der Waals surface area contributed by atoms with Crippen molar-refractivity contribution in [3.8, 4) is 0 Å². The lowest BCUT2D eigenvalue weighted by Crippen LogP contribution is -2.37. The highest BCUT2D eigenvalue weighted by Gasteiger charge is 2.33. The highest BCUT2D eigenvalue weighted by atomic mass is 19.4. The molecular weight excluding hydrogens is 239 g/mol. The largest absolute Gasteiger partial charge is 0.416 e. The molecule has 1 saturated heterocycles. The van der Waals surface area contributed by atoms with Crippen LogP contribution < -0.4 is 5.32 Å². The molecule has 2 unspecified atom stereocenters. The van der Waals surface area contributed by atoms with Crippen LogP contribution in [0.5, 0.6) is 0 Å². The average molecular weight is 257 g/mol. The zero-order valence-electron chi connectivity index (χ0n) is 10.4. The first kappa shape index (κ1) is 13.4. The molecule has 100 valence electrons. The van der Waals surface area contributed by atoms with Crippen LogP contribution in [0.2, 0.25) is 0 Å². The zero-order chi connectivity index (χ0) is 13.2. The van der Waals surface area contributed by atoms with Crippen LogP contribution in [0.25, 0.3) is 0 Å². The minimum atomic E-state index is -4.24. The molecule has 2 atom stereocenters. The number of rotatable bonds is 2. The van der Waals surface area contributed by atoms with Crippen LogP contribution in [0.15, 0.2) is 24.3 Å². The fraction of sp³-hybridized carbons (Fsp3) is 0.571. The van der Waals surface area contributed by atoms with E-state index in [0.717, 1.165) is 19.4 Å². The van der Waals surface area contributed by atoms with Crippen LogP contribution in [0.4, 0.5) is 13.2 Å². The Morgan fingerprint density at radius 2 is 1.94 bits per heavy atom. The standard InChI is InChI=1S/C14H18F3N/c1-10-6-7-11(9-18-10)8-12-4-2-3-5-13(12)14(15,16)17/h2-5,10-11,18H,6-9H2,1H3. The molecule has 0 saturated carbocycles. The van der Waals surface area contributed by atoms with Gasteiger partial charge in [0, 0.05) is 6.04 Å². The van der Waals surface area contributed by atoms with E-state index in [0.29, 0.717) is 23.9 Å². The van der Waals surface area contributed by atoms with E-state index in [-0.39, 0.29) is 0 Å². The lowest BCUT2D eigenvalue weighted by Gasteiger charge is -2.28. The molecule has 0 radical (unpaired) electrons. The van der Waals surface area contributed by atoms with E-state index in [1.165, 1.54) is 12.1 Å². The van der Waals surface area contributed by atoms with Gasteiger partial charge < -0.3 is 5.32 Å². The third-order valence-electron chi connectivity index (χ3n) is 3.59. The van der Waals surface area contributed by atoms with E-state index in [2.05, 4.69) is 12.2 Å². The third-order valence-corrected chi connectivity index (χ3v) is 3.59. The molecule has 1 fully saturated rings. The number of benzene rings is 1. The maximum atomic E-state index is 12.8. The van der Waals surface area contributed by atoms with Crippen LogP contribution in [-0.2, 0) is 12.6 Å². The highest BCUT2D eigenvalue weighted by Crippen LogP contribution is 2.33. The number of alkyl halides is 3. The van der Waals surface area contributed by atoms with Crippen molar-refractivity contribution >= 4 is 0 Å². The molecule has 1 nitrogen and oxygen atoms in total. The first-order chi connectivity index (χ1) is 8.47. The summed E-state index contributed by atoms with van der Waals surface area (Å²) in [6, 6.07) is 6.39. The molecular formula is C14H18F3N. The minimum absolute atomic E-state index is 0.310. The zero-order valence-corrected chi connectivity index (χ0v) is 10.4. The maximum absolute atomic E-state index is 12.8. The number of nitrogens with one attached hydrogen (secondary N) is 1. The monoisotopic (exact) mass is 257 g/mol. The van der Waals surface area contributed by atoms with Gasteiger partial charge >= 0.3 is 6.18 Å². The summed E-state index contributed by atoms with van der Waals surface area (Å²) in [7, 11) is 0. The van der Waals surface area contributed by atoms with Crippen molar-refractivity contribution in [1.82, 2.24) is 5.32 Å². The second kappa shape index (κ2) is 5.31. The van der Waals surface area contributed by atoms with E-state index >= 15 is 0 Å². The first-order valence-corrected chi connectivity index (χ1v) is 6.35. The molecule has 1 aliphatic heterocycles. The lowest BCUT2D eigenvalue weighted by molar-refractivity contribution is -0.138. The van der Waals surface area contributed by atoms with E-state index in [1.54, 1.807) is 12.1 Å². The van der Waals surface area contributed by atoms with Gasteiger partial charge in [0.25, 0.3) is 0 Å². The average Bonchev–Trinajstić information content (AvgIpc) is 2.31. The van der Waals surface area contributed by atoms with E-state index in [9.17, 15) is 13.2 Å². The van der Waals surface area contributed by atoms with Gasteiger partial charge in [-0.2, -0.15) is 13.2 Å². The summed E-state index contributed by atoms with van der Waals surface area (Å²) in [4.78, 5) is 0. The number of halogens is 3. The van der Waals surface area contributed by atoms with Crippen molar-refractivity contribution in [2.24, 2.45) is 5.92 Å². The highest BCUT2D eigenvalue weighted by molar-refractivity contribution is 5.30. The van der Waals surface area contributed by atoms with E-state index < -0.39 is 11.7 Å². The van der Waals surface area contributed by atoms with Gasteiger partial charge in [-0.25, -0.2) is 0 Å². The molecule has 2 rings (SSSR count). The van der Waals surface area contributed by atoms with Crippen LogP contribution in [0, 0.1) is 5.92 Å². The third kappa shape index (κ3) is 3.25. The Kier molecular flexibility index (Phi) is 3.95. The fourth-order valence-electron chi connectivity index (χ4n) is 2.52. The molecule has 18 heavy (non-hydrogen) atoms. The molecule has 0 amide bonds. The van der Waals surface area contributed by atoms with Crippen molar-refractivity contribution in [2.75, 3.05) is 6.54 Å². The Hall–Kier alpha value is -1.03. The van der Waals surface area contributed by atoms with Crippen LogP contribution in [-0.4, -0.2) is 12.6 Å². The Morgan fingerprint density at radius 3 is 2.56 bits per heavy atom. The van der Waals surface area contributed by atoms with Crippen LogP contribution >= 0.6 is 0 Å². The number of piperidine rings is 1. The van der Waals surface area contributed by atoms with Gasteiger partial charge in [0.1, 0.15) is 0 Å². The smallest absolute Gasteiger partial charge is 0.314 e. The predicted octanol–water partition coefficient (Wildman–Crippen LogP) is 3.64. The molecule has 1 aromatic rings. The van der Waals surface area contributed by atoms with E-state index in [4.69, 9.17) is 0 Å². The van der Waals surface area contributed by atoms with Gasteiger partial charge in [-0.15, -0.1) is 0 Å². The maximum Gasteiger partial charge on any atom is 0.416 e. The van der Waals surface area contributed by atoms with Crippen LogP contribution in [0.3, 0.4) is 0 Å². The molecule has 0 spiro atoms. The van der Waals surface area contributed by atoms with Crippen molar-refractivity contribution in [1.29, 1.82) is 0 Å². The Morgan fingerprint density at radius 1 is 1.22 bits per heavy atom. The van der Waals surface area contributed by atoms with E-state index in [1.807, 2.05) is 0 Å². The summed E-state index contributed by atoms with van der Waals surface area (Å²) in [5.74, 6) is 0.310. The Balaban J connectivity index is 2.10. The molecule has 0 aromatic heterocycles. The molecule has 0 aliphatic carbocycles. The lowest BCUT2D eigenvalue weighted by atomic mass is 9.88. The number of hydrogen-bond acceptors (Lipinski definition) is 1. The van der Waals surface area contributed by atoms with Gasteiger partial charge in [-0.1, -0.05) is 18.2 Å². The fourth-order valence-corrected chi connectivity index (χ4v) is 2.52. The van der Waals surface area contributed by atoms with Crippen molar-refractivity contribution in [2.45, 2.75) is 38.4 Å². The summed E-state index contributed by atoms with van der Waals surface area (Å²) >= 11 is 0. The Labute approximate surface area is 105 Å². The second-order valence-electron chi connectivity index (χ2n) is 5.11. The molecule has 1 aliphatic rings. The predicted molar refractivity (Wildman–Crippen MR) is 65.3 cm³/mol. The van der Waals surface area contributed by atoms with Gasteiger partial charge in [0.2, 0.25) is 0 Å².